The summed E-state index contributed by atoms with van der Waals surface area (Å²) in [5.74, 6) is -1.87. The SMILES string of the molecule is Cc1cc(Br)ccc1NC(=O)COC(=O)c1ccc(N2C(=O)[C@H]3C[C@@H](c4ccccc4)CC[C@H]3C2=O)cc1. The van der Waals surface area contributed by atoms with Crippen molar-refractivity contribution in [1.29, 1.82) is 0 Å². The van der Waals surface area contributed by atoms with Crippen LogP contribution in [-0.4, -0.2) is 30.3 Å². The van der Waals surface area contributed by atoms with Gasteiger partial charge in [-0.25, -0.2) is 4.79 Å². The molecule has 5 rings (SSSR count). The van der Waals surface area contributed by atoms with Crippen molar-refractivity contribution in [3.8, 4) is 0 Å². The average Bonchev–Trinajstić information content (AvgIpc) is 3.18. The fraction of sp³-hybridized carbons (Fsp3) is 0.267. The number of rotatable bonds is 6. The van der Waals surface area contributed by atoms with Crippen LogP contribution in [0.5, 0.6) is 0 Å². The Balaban J connectivity index is 1.20. The van der Waals surface area contributed by atoms with Crippen LogP contribution in [0.25, 0.3) is 0 Å². The predicted octanol–water partition coefficient (Wildman–Crippen LogP) is 5.63. The number of hydrogen-bond donors (Lipinski definition) is 1. The minimum absolute atomic E-state index is 0.179. The molecule has 1 aliphatic heterocycles. The van der Waals surface area contributed by atoms with Gasteiger partial charge in [-0.2, -0.15) is 0 Å². The summed E-state index contributed by atoms with van der Waals surface area (Å²) in [5.41, 5.74) is 3.37. The quantitative estimate of drug-likeness (QED) is 0.304. The molecule has 194 valence electrons. The molecule has 38 heavy (non-hydrogen) atoms. The maximum atomic E-state index is 13.3. The van der Waals surface area contributed by atoms with Crippen molar-refractivity contribution in [3.05, 3.63) is 94.0 Å². The van der Waals surface area contributed by atoms with Crippen LogP contribution in [0.2, 0.25) is 0 Å². The molecule has 3 amide bonds. The molecule has 0 unspecified atom stereocenters. The zero-order valence-corrected chi connectivity index (χ0v) is 22.4. The Morgan fingerprint density at radius 1 is 0.947 bits per heavy atom. The number of nitrogens with zero attached hydrogens (tertiary/aromatic N) is 1. The van der Waals surface area contributed by atoms with Gasteiger partial charge in [-0.3, -0.25) is 19.3 Å². The molecule has 2 fully saturated rings. The number of imide groups is 1. The van der Waals surface area contributed by atoms with E-state index in [1.165, 1.54) is 22.6 Å². The van der Waals surface area contributed by atoms with Gasteiger partial charge in [0.2, 0.25) is 11.8 Å². The summed E-state index contributed by atoms with van der Waals surface area (Å²) in [6.07, 6.45) is 2.21. The molecule has 3 atom stereocenters. The van der Waals surface area contributed by atoms with Crippen molar-refractivity contribution in [1.82, 2.24) is 0 Å². The third kappa shape index (κ3) is 5.27. The lowest BCUT2D eigenvalue weighted by Gasteiger charge is -2.28. The Bertz CT molecular complexity index is 1390. The number of nitrogens with one attached hydrogen (secondary N) is 1. The maximum absolute atomic E-state index is 13.3. The van der Waals surface area contributed by atoms with Gasteiger partial charge < -0.3 is 10.1 Å². The summed E-state index contributed by atoms with van der Waals surface area (Å²) in [6.45, 7) is 1.42. The van der Waals surface area contributed by atoms with Crippen LogP contribution in [0.4, 0.5) is 11.4 Å². The van der Waals surface area contributed by atoms with E-state index < -0.39 is 18.5 Å². The van der Waals surface area contributed by atoms with E-state index in [0.29, 0.717) is 24.2 Å². The number of halogens is 1. The summed E-state index contributed by atoms with van der Waals surface area (Å²) < 4.78 is 6.06. The Morgan fingerprint density at radius 3 is 2.37 bits per heavy atom. The number of benzene rings is 3. The minimum atomic E-state index is -0.669. The summed E-state index contributed by atoms with van der Waals surface area (Å²) in [7, 11) is 0. The van der Waals surface area contributed by atoms with Gasteiger partial charge in [0.25, 0.3) is 5.91 Å². The Morgan fingerprint density at radius 2 is 1.66 bits per heavy atom. The molecule has 1 saturated carbocycles. The lowest BCUT2D eigenvalue weighted by molar-refractivity contribution is -0.122. The molecule has 2 aliphatic rings. The number of hydrogen-bond acceptors (Lipinski definition) is 5. The number of amides is 3. The molecule has 8 heteroatoms. The topological polar surface area (TPSA) is 92.8 Å². The van der Waals surface area contributed by atoms with Gasteiger partial charge in [0.05, 0.1) is 23.1 Å². The van der Waals surface area contributed by atoms with Crippen molar-refractivity contribution >= 4 is 51.0 Å². The first-order chi connectivity index (χ1) is 18.3. The third-order valence-corrected chi connectivity index (χ3v) is 7.85. The van der Waals surface area contributed by atoms with Crippen molar-refractivity contribution < 1.29 is 23.9 Å². The van der Waals surface area contributed by atoms with Crippen molar-refractivity contribution in [2.45, 2.75) is 32.1 Å². The lowest BCUT2D eigenvalue weighted by Crippen LogP contribution is -2.30. The summed E-state index contributed by atoms with van der Waals surface area (Å²) in [4.78, 5) is 52.4. The van der Waals surface area contributed by atoms with Crippen molar-refractivity contribution in [2.24, 2.45) is 11.8 Å². The number of aryl methyl sites for hydroxylation is 1. The second kappa shape index (κ2) is 10.9. The van der Waals surface area contributed by atoms with Gasteiger partial charge >= 0.3 is 5.97 Å². The van der Waals surface area contributed by atoms with E-state index in [-0.39, 0.29) is 35.1 Å². The second-order valence-corrected chi connectivity index (χ2v) is 10.7. The highest BCUT2D eigenvalue weighted by Crippen LogP contribution is 2.45. The molecule has 0 radical (unpaired) electrons. The fourth-order valence-electron chi connectivity index (χ4n) is 5.38. The smallest absolute Gasteiger partial charge is 0.338 e. The molecular formula is C30H27BrN2O5. The van der Waals surface area contributed by atoms with Crippen LogP contribution in [-0.2, 0) is 19.1 Å². The number of carbonyl (C=O) groups excluding carboxylic acids is 4. The first-order valence-corrected chi connectivity index (χ1v) is 13.4. The van der Waals surface area contributed by atoms with Gasteiger partial charge in [0, 0.05) is 10.2 Å². The highest BCUT2D eigenvalue weighted by atomic mass is 79.9. The molecule has 0 bridgehead atoms. The highest BCUT2D eigenvalue weighted by molar-refractivity contribution is 9.10. The van der Waals surface area contributed by atoms with Crippen LogP contribution in [0.3, 0.4) is 0 Å². The van der Waals surface area contributed by atoms with E-state index in [1.54, 1.807) is 18.2 Å². The van der Waals surface area contributed by atoms with Crippen LogP contribution < -0.4 is 10.2 Å². The first kappa shape index (κ1) is 25.9. The number of anilines is 2. The fourth-order valence-corrected chi connectivity index (χ4v) is 5.85. The van der Waals surface area contributed by atoms with Gasteiger partial charge in [-0.15, -0.1) is 0 Å². The molecule has 1 aliphatic carbocycles. The van der Waals surface area contributed by atoms with Crippen LogP contribution in [0, 0.1) is 18.8 Å². The van der Waals surface area contributed by atoms with Gasteiger partial charge in [-0.05, 0) is 85.7 Å². The molecule has 0 spiro atoms. The Hall–Kier alpha value is -3.78. The van der Waals surface area contributed by atoms with Crippen LogP contribution in [0.15, 0.2) is 77.3 Å². The van der Waals surface area contributed by atoms with Crippen molar-refractivity contribution in [2.75, 3.05) is 16.8 Å². The Labute approximate surface area is 229 Å². The van der Waals surface area contributed by atoms with Crippen molar-refractivity contribution in [3.63, 3.8) is 0 Å². The van der Waals surface area contributed by atoms with Gasteiger partial charge in [0.1, 0.15) is 0 Å². The zero-order valence-electron chi connectivity index (χ0n) is 20.9. The second-order valence-electron chi connectivity index (χ2n) is 9.78. The van der Waals surface area contributed by atoms with Crippen LogP contribution in [0.1, 0.15) is 46.7 Å². The van der Waals surface area contributed by atoms with E-state index in [2.05, 4.69) is 33.4 Å². The lowest BCUT2D eigenvalue weighted by atomic mass is 9.73. The molecule has 3 aromatic carbocycles. The number of carbonyl (C=O) groups is 4. The zero-order chi connectivity index (χ0) is 26.8. The molecule has 1 heterocycles. The normalized spacial score (nSPS) is 20.7. The molecule has 1 saturated heterocycles. The average molecular weight is 575 g/mol. The minimum Gasteiger partial charge on any atom is -0.452 e. The maximum Gasteiger partial charge on any atom is 0.338 e. The van der Waals surface area contributed by atoms with Crippen LogP contribution >= 0.6 is 15.9 Å². The standard InChI is InChI=1S/C30H27BrN2O5/c1-18-15-22(31)10-14-26(18)32-27(34)17-38-30(37)20-7-11-23(12-8-20)33-28(35)24-13-9-21(16-25(24)29(33)36)19-5-3-2-4-6-19/h2-8,10-12,14-15,21,24-25H,9,13,16-17H2,1H3,(H,32,34)/t21-,24+,25-/m0/s1. The third-order valence-electron chi connectivity index (χ3n) is 7.35. The number of fused-ring (bicyclic) bond motifs is 1. The molecule has 0 aromatic heterocycles. The molecule has 3 aromatic rings. The van der Waals surface area contributed by atoms with E-state index in [0.717, 1.165) is 16.5 Å². The number of esters is 1. The Kier molecular flexibility index (Phi) is 7.42. The molecule has 7 nitrogen and oxygen atoms in total. The first-order valence-electron chi connectivity index (χ1n) is 12.6. The van der Waals surface area contributed by atoms with E-state index in [9.17, 15) is 19.2 Å². The number of ether oxygens (including phenoxy) is 1. The monoisotopic (exact) mass is 574 g/mol. The predicted molar refractivity (Wildman–Crippen MR) is 147 cm³/mol. The molecular weight excluding hydrogens is 548 g/mol. The van der Waals surface area contributed by atoms with E-state index >= 15 is 0 Å². The molecule has 1 N–H and O–H groups in total. The summed E-state index contributed by atoms with van der Waals surface area (Å²) in [5, 5.41) is 2.72. The highest BCUT2D eigenvalue weighted by Gasteiger charge is 2.50. The van der Waals surface area contributed by atoms with E-state index in [4.69, 9.17) is 4.74 Å². The van der Waals surface area contributed by atoms with Gasteiger partial charge in [0.15, 0.2) is 6.61 Å². The summed E-state index contributed by atoms with van der Waals surface area (Å²) in [6, 6.07) is 21.7. The van der Waals surface area contributed by atoms with Gasteiger partial charge in [-0.1, -0.05) is 46.3 Å². The largest absolute Gasteiger partial charge is 0.452 e. The summed E-state index contributed by atoms with van der Waals surface area (Å²) >= 11 is 3.38. The van der Waals surface area contributed by atoms with E-state index in [1.807, 2.05) is 37.3 Å².